The molecule has 1 aromatic heterocycles. The average Bonchev–Trinajstić information content (AvgIpc) is 3.49. The molecule has 1 amide bonds. The number of benzene rings is 1. The van der Waals surface area contributed by atoms with E-state index >= 15 is 0 Å². The van der Waals surface area contributed by atoms with Gasteiger partial charge in [0.1, 0.15) is 0 Å². The molecule has 0 unspecified atom stereocenters. The molecule has 2 aromatic rings. The van der Waals surface area contributed by atoms with Crippen LogP contribution in [0.2, 0.25) is 0 Å². The largest absolute Gasteiger partial charge is 0.493 e. The predicted octanol–water partition coefficient (Wildman–Crippen LogP) is 5.27. The van der Waals surface area contributed by atoms with Crippen molar-refractivity contribution in [2.24, 2.45) is 0 Å². The number of amides is 1. The van der Waals surface area contributed by atoms with Crippen LogP contribution in [0.15, 0.2) is 24.4 Å². The number of aryl methyl sites for hydroxylation is 2. The maximum atomic E-state index is 13.1. The Kier molecular flexibility index (Phi) is 6.05. The summed E-state index contributed by atoms with van der Waals surface area (Å²) in [7, 11) is 1.60. The van der Waals surface area contributed by atoms with Gasteiger partial charge < -0.3 is 4.74 Å². The van der Waals surface area contributed by atoms with E-state index in [0.717, 1.165) is 29.7 Å². The van der Waals surface area contributed by atoms with Crippen LogP contribution in [0.3, 0.4) is 0 Å². The van der Waals surface area contributed by atoms with Gasteiger partial charge in [-0.25, -0.2) is 4.98 Å². The molecule has 0 saturated heterocycles. The fourth-order valence-electron chi connectivity index (χ4n) is 2.99. The maximum absolute atomic E-state index is 13.1. The second kappa shape index (κ2) is 8.30. The molecule has 1 aliphatic rings. The van der Waals surface area contributed by atoms with Crippen molar-refractivity contribution < 1.29 is 9.53 Å². The van der Waals surface area contributed by atoms with Gasteiger partial charge in [0.15, 0.2) is 11.6 Å². The molecule has 0 aliphatic heterocycles. The van der Waals surface area contributed by atoms with E-state index < -0.39 is 0 Å². The monoisotopic (exact) mass is 474 g/mol. The third kappa shape index (κ3) is 4.27. The second-order valence-electron chi connectivity index (χ2n) is 6.77. The van der Waals surface area contributed by atoms with Crippen LogP contribution in [-0.2, 0) is 4.79 Å². The molecule has 3 rings (SSSR count). The van der Waals surface area contributed by atoms with E-state index in [0.29, 0.717) is 23.9 Å². The van der Waals surface area contributed by atoms with E-state index in [9.17, 15) is 4.79 Å². The molecule has 0 radical (unpaired) electrons. The lowest BCUT2D eigenvalue weighted by Crippen LogP contribution is -2.27. The molecule has 1 fully saturated rings. The topological polar surface area (TPSA) is 42.4 Å². The molecule has 27 heavy (non-hydrogen) atoms. The number of nitrogens with zero attached hydrogens (tertiary/aromatic N) is 2. The van der Waals surface area contributed by atoms with Crippen molar-refractivity contribution in [1.82, 2.24) is 4.98 Å². The van der Waals surface area contributed by atoms with Crippen molar-refractivity contribution in [2.75, 3.05) is 12.0 Å². The Morgan fingerprint density at radius 2 is 2.07 bits per heavy atom. The van der Waals surface area contributed by atoms with Crippen molar-refractivity contribution in [3.05, 3.63) is 44.7 Å². The average molecular weight is 474 g/mol. The van der Waals surface area contributed by atoms with Gasteiger partial charge in [0, 0.05) is 16.2 Å². The Labute approximate surface area is 174 Å². The van der Waals surface area contributed by atoms with Crippen molar-refractivity contribution >= 4 is 40.0 Å². The van der Waals surface area contributed by atoms with Gasteiger partial charge >= 0.3 is 5.91 Å². The van der Waals surface area contributed by atoms with Crippen LogP contribution in [0.5, 0.6) is 5.75 Å². The molecule has 0 bridgehead atoms. The maximum Gasteiger partial charge on any atom is 0.308 e. The Balaban J connectivity index is 2.23. The molecule has 1 heterocycles. The molecule has 140 valence electrons. The minimum absolute atomic E-state index is 0.283. The normalized spacial score (nSPS) is 12.9. The highest BCUT2D eigenvalue weighted by Gasteiger charge is 2.32. The fourth-order valence-corrected chi connectivity index (χ4v) is 3.48. The molecule has 5 heteroatoms. The molecule has 0 N–H and O–H groups in total. The summed E-state index contributed by atoms with van der Waals surface area (Å²) >= 11 is 2.35. The summed E-state index contributed by atoms with van der Waals surface area (Å²) in [5.41, 5.74) is 4.15. The van der Waals surface area contributed by atoms with E-state index in [1.807, 2.05) is 19.9 Å². The quantitative estimate of drug-likeness (QED) is 0.448. The van der Waals surface area contributed by atoms with Crippen LogP contribution in [0.4, 0.5) is 11.5 Å². The van der Waals surface area contributed by atoms with Gasteiger partial charge in [0.2, 0.25) is 0 Å². The van der Waals surface area contributed by atoms with Crippen molar-refractivity contribution in [3.63, 3.8) is 0 Å². The van der Waals surface area contributed by atoms with E-state index in [1.54, 1.807) is 18.2 Å². The van der Waals surface area contributed by atoms with Gasteiger partial charge in [0.05, 0.1) is 12.8 Å². The lowest BCUT2D eigenvalue weighted by molar-refractivity contribution is -0.112. The Morgan fingerprint density at radius 1 is 1.33 bits per heavy atom. The van der Waals surface area contributed by atoms with E-state index in [4.69, 9.17) is 4.74 Å². The van der Waals surface area contributed by atoms with E-state index in [1.165, 1.54) is 9.13 Å². The van der Waals surface area contributed by atoms with E-state index in [2.05, 4.69) is 58.5 Å². The van der Waals surface area contributed by atoms with Crippen molar-refractivity contribution in [2.45, 2.75) is 46.0 Å². The molecule has 0 spiro atoms. The molecule has 4 nitrogen and oxygen atoms in total. The second-order valence-corrected chi connectivity index (χ2v) is 7.93. The van der Waals surface area contributed by atoms with Gasteiger partial charge in [-0.15, -0.1) is 0 Å². The number of pyridine rings is 1. The highest BCUT2D eigenvalue weighted by molar-refractivity contribution is 14.1. The molecule has 1 saturated carbocycles. The highest BCUT2D eigenvalue weighted by atomic mass is 127. The molecule has 1 aromatic carbocycles. The van der Waals surface area contributed by atoms with Crippen LogP contribution in [0, 0.1) is 29.3 Å². The molecular formula is C22H23IN2O2. The van der Waals surface area contributed by atoms with Crippen molar-refractivity contribution in [1.29, 1.82) is 0 Å². The summed E-state index contributed by atoms with van der Waals surface area (Å²) in [6.07, 6.45) is 4.67. The first-order valence-electron chi connectivity index (χ1n) is 9.09. The number of hydrogen-bond acceptors (Lipinski definition) is 3. The zero-order valence-electron chi connectivity index (χ0n) is 16.1. The third-order valence-corrected chi connectivity index (χ3v) is 5.70. The fraction of sp³-hybridized carbons (Fsp3) is 0.364. The molecule has 1 aliphatic carbocycles. The van der Waals surface area contributed by atoms with Gasteiger partial charge in [0.25, 0.3) is 0 Å². The standard InChI is InChI=1S/C22H23IN2O2/c1-5-6-7-21(26)25(22-20(27-4)10-14(2)13-24-22)19-11-15(3)18(23)12-17(19)16-8-9-16/h10-13,16H,5,8-9H2,1-4H3. The summed E-state index contributed by atoms with van der Waals surface area (Å²) in [6.45, 7) is 5.94. The zero-order valence-corrected chi connectivity index (χ0v) is 18.3. The predicted molar refractivity (Wildman–Crippen MR) is 117 cm³/mol. The van der Waals surface area contributed by atoms with Crippen molar-refractivity contribution in [3.8, 4) is 17.6 Å². The minimum Gasteiger partial charge on any atom is -0.493 e. The summed E-state index contributed by atoms with van der Waals surface area (Å²) < 4.78 is 6.75. The highest BCUT2D eigenvalue weighted by Crippen LogP contribution is 2.47. The summed E-state index contributed by atoms with van der Waals surface area (Å²) in [5.74, 6) is 6.91. The van der Waals surface area contributed by atoms with Crippen LogP contribution >= 0.6 is 22.6 Å². The number of halogens is 1. The van der Waals surface area contributed by atoms with Crippen LogP contribution in [0.25, 0.3) is 0 Å². The lowest BCUT2D eigenvalue weighted by atomic mass is 10.0. The number of carbonyl (C=O) groups is 1. The summed E-state index contributed by atoms with van der Waals surface area (Å²) in [5, 5.41) is 0. The summed E-state index contributed by atoms with van der Waals surface area (Å²) in [6, 6.07) is 6.16. The smallest absolute Gasteiger partial charge is 0.308 e. The van der Waals surface area contributed by atoms with Gasteiger partial charge in [-0.3, -0.25) is 9.69 Å². The number of ether oxygens (including phenoxy) is 1. The molecule has 0 atom stereocenters. The first kappa shape index (κ1) is 19.7. The summed E-state index contributed by atoms with van der Waals surface area (Å²) in [4.78, 5) is 19.3. The Bertz CT molecular complexity index is 939. The van der Waals surface area contributed by atoms with Gasteiger partial charge in [-0.05, 0) is 96.0 Å². The lowest BCUT2D eigenvalue weighted by Gasteiger charge is -2.25. The number of carbonyl (C=O) groups excluding carboxylic acids is 1. The zero-order chi connectivity index (χ0) is 19.6. The number of anilines is 2. The Morgan fingerprint density at radius 3 is 2.70 bits per heavy atom. The first-order chi connectivity index (χ1) is 13.0. The number of methoxy groups -OCH3 is 1. The van der Waals surface area contributed by atoms with Crippen LogP contribution < -0.4 is 9.64 Å². The first-order valence-corrected chi connectivity index (χ1v) is 10.2. The minimum atomic E-state index is -0.283. The van der Waals surface area contributed by atoms with Crippen LogP contribution in [0.1, 0.15) is 48.8 Å². The SMILES string of the molecule is CCC#CC(=O)N(c1cc(C)c(I)cc1C1CC1)c1ncc(C)cc1OC. The number of rotatable bonds is 4. The molecular weight excluding hydrogens is 451 g/mol. The van der Waals surface area contributed by atoms with Crippen LogP contribution in [-0.4, -0.2) is 18.0 Å². The third-order valence-electron chi connectivity index (χ3n) is 4.54. The van der Waals surface area contributed by atoms with E-state index in [-0.39, 0.29) is 5.91 Å². The number of aromatic nitrogens is 1. The van der Waals surface area contributed by atoms with Gasteiger partial charge in [-0.1, -0.05) is 12.8 Å². The Hall–Kier alpha value is -2.07. The van der Waals surface area contributed by atoms with Gasteiger partial charge in [-0.2, -0.15) is 0 Å². The number of hydrogen-bond donors (Lipinski definition) is 0.